The Morgan fingerprint density at radius 3 is 2.86 bits per heavy atom. The lowest BCUT2D eigenvalue weighted by molar-refractivity contribution is -0.125. The molecule has 0 unspecified atom stereocenters. The minimum Gasteiger partial charge on any atom is -0.504 e. The lowest BCUT2D eigenvalue weighted by atomic mass is 10.0. The zero-order valence-corrected chi connectivity index (χ0v) is 15.7. The number of hydrogen-bond donors (Lipinski definition) is 2. The predicted octanol–water partition coefficient (Wildman–Crippen LogP) is 2.61. The molecule has 0 fully saturated rings. The number of hydrogen-bond acceptors (Lipinski definition) is 5. The monoisotopic (exact) mass is 381 g/mol. The van der Waals surface area contributed by atoms with Crippen molar-refractivity contribution in [2.75, 3.05) is 18.6 Å². The van der Waals surface area contributed by atoms with Gasteiger partial charge < -0.3 is 14.7 Å². The van der Waals surface area contributed by atoms with E-state index in [1.807, 2.05) is 24.3 Å². The Kier molecular flexibility index (Phi) is 6.26. The fourth-order valence-electron chi connectivity index (χ4n) is 3.19. The molecule has 2 amide bonds. The Labute approximate surface area is 163 Å². The molecule has 1 aliphatic rings. The molecule has 0 saturated carbocycles. The number of aryl methyl sites for hydroxylation is 1. The molecule has 2 aromatic carbocycles. The third-order valence-corrected chi connectivity index (χ3v) is 4.62. The van der Waals surface area contributed by atoms with E-state index in [0.29, 0.717) is 17.9 Å². The van der Waals surface area contributed by atoms with Crippen LogP contribution in [-0.2, 0) is 16.0 Å². The van der Waals surface area contributed by atoms with Crippen LogP contribution in [0.4, 0.5) is 5.69 Å². The van der Waals surface area contributed by atoms with E-state index in [4.69, 9.17) is 4.74 Å². The summed E-state index contributed by atoms with van der Waals surface area (Å²) in [5.74, 6) is -0.168. The van der Waals surface area contributed by atoms with Gasteiger partial charge in [0.1, 0.15) is 0 Å². The van der Waals surface area contributed by atoms with Crippen molar-refractivity contribution >= 4 is 23.7 Å². The van der Waals surface area contributed by atoms with Gasteiger partial charge in [0.15, 0.2) is 11.5 Å². The average Bonchev–Trinajstić information content (AvgIpc) is 2.72. The van der Waals surface area contributed by atoms with Gasteiger partial charge in [-0.1, -0.05) is 24.3 Å². The Hall–Kier alpha value is -3.35. The molecule has 7 heteroatoms. The number of methoxy groups -OCH3 is 1. The first-order valence-corrected chi connectivity index (χ1v) is 9.16. The smallest absolute Gasteiger partial charge is 0.240 e. The lowest BCUT2D eigenvalue weighted by Crippen LogP contribution is -2.36. The van der Waals surface area contributed by atoms with Gasteiger partial charge in [-0.25, -0.2) is 5.43 Å². The molecule has 146 valence electrons. The van der Waals surface area contributed by atoms with E-state index in [1.165, 1.54) is 13.3 Å². The van der Waals surface area contributed by atoms with E-state index in [1.54, 1.807) is 23.1 Å². The summed E-state index contributed by atoms with van der Waals surface area (Å²) in [5, 5.41) is 13.8. The van der Waals surface area contributed by atoms with Gasteiger partial charge in [-0.15, -0.1) is 0 Å². The largest absolute Gasteiger partial charge is 0.504 e. The average molecular weight is 381 g/mol. The summed E-state index contributed by atoms with van der Waals surface area (Å²) in [7, 11) is 1.45. The number of rotatable bonds is 6. The number of aromatic hydroxyl groups is 1. The Morgan fingerprint density at radius 1 is 1.21 bits per heavy atom. The number of nitrogens with zero attached hydrogens (tertiary/aromatic N) is 2. The minimum absolute atomic E-state index is 0.0406. The summed E-state index contributed by atoms with van der Waals surface area (Å²) < 4.78 is 5.02. The first kappa shape index (κ1) is 19.4. The second-order valence-corrected chi connectivity index (χ2v) is 6.47. The third kappa shape index (κ3) is 4.49. The van der Waals surface area contributed by atoms with Crippen LogP contribution < -0.4 is 15.1 Å². The van der Waals surface area contributed by atoms with Crippen molar-refractivity contribution in [3.63, 3.8) is 0 Å². The second kappa shape index (κ2) is 9.03. The number of fused-ring (bicyclic) bond motifs is 1. The number of carbonyl (C=O) groups excluding carboxylic acids is 2. The Balaban J connectivity index is 1.52. The highest BCUT2D eigenvalue weighted by Gasteiger charge is 2.22. The Bertz CT molecular complexity index is 895. The summed E-state index contributed by atoms with van der Waals surface area (Å²) in [4.78, 5) is 26.3. The molecular weight excluding hydrogens is 358 g/mol. The topological polar surface area (TPSA) is 91.2 Å². The van der Waals surface area contributed by atoms with Crippen molar-refractivity contribution in [2.24, 2.45) is 5.10 Å². The van der Waals surface area contributed by atoms with Crippen LogP contribution in [-0.4, -0.2) is 36.8 Å². The highest BCUT2D eigenvalue weighted by Crippen LogP contribution is 2.28. The molecule has 28 heavy (non-hydrogen) atoms. The fourth-order valence-corrected chi connectivity index (χ4v) is 3.19. The number of nitrogens with one attached hydrogen (secondary N) is 1. The van der Waals surface area contributed by atoms with Crippen LogP contribution in [0.5, 0.6) is 11.5 Å². The fraction of sp³-hybridized carbons (Fsp3) is 0.286. The molecule has 0 aromatic heterocycles. The zero-order valence-electron chi connectivity index (χ0n) is 15.7. The number of phenolic OH excluding ortho intramolecular Hbond substituents is 1. The van der Waals surface area contributed by atoms with Crippen molar-refractivity contribution in [3.05, 3.63) is 53.6 Å². The van der Waals surface area contributed by atoms with Gasteiger partial charge in [0, 0.05) is 30.6 Å². The molecule has 0 radical (unpaired) electrons. The van der Waals surface area contributed by atoms with Crippen LogP contribution in [0.1, 0.15) is 30.4 Å². The maximum Gasteiger partial charge on any atom is 0.240 e. The molecular formula is C21H23N3O4. The van der Waals surface area contributed by atoms with Crippen molar-refractivity contribution in [2.45, 2.75) is 25.7 Å². The third-order valence-electron chi connectivity index (χ3n) is 4.62. The maximum absolute atomic E-state index is 12.5. The molecule has 0 saturated heterocycles. The molecule has 1 aliphatic heterocycles. The number of benzene rings is 2. The van der Waals surface area contributed by atoms with Gasteiger partial charge in [-0.3, -0.25) is 9.59 Å². The zero-order chi connectivity index (χ0) is 19.9. The van der Waals surface area contributed by atoms with Crippen LogP contribution in [0.25, 0.3) is 0 Å². The normalized spacial score (nSPS) is 13.2. The molecule has 0 bridgehead atoms. The molecule has 1 heterocycles. The molecule has 2 N–H and O–H groups in total. The van der Waals surface area contributed by atoms with Gasteiger partial charge in [0.05, 0.1) is 13.3 Å². The van der Waals surface area contributed by atoms with Gasteiger partial charge in [0.2, 0.25) is 11.8 Å². The summed E-state index contributed by atoms with van der Waals surface area (Å²) in [5.41, 5.74) is 4.90. The lowest BCUT2D eigenvalue weighted by Gasteiger charge is -2.29. The number of ether oxygens (including phenoxy) is 1. The van der Waals surface area contributed by atoms with Gasteiger partial charge >= 0.3 is 0 Å². The second-order valence-electron chi connectivity index (χ2n) is 6.47. The predicted molar refractivity (Wildman–Crippen MR) is 107 cm³/mol. The summed E-state index contributed by atoms with van der Waals surface area (Å²) in [6, 6.07) is 12.8. The first-order valence-electron chi connectivity index (χ1n) is 9.16. The standard InChI is InChI=1S/C21H23N3O4/c1-28-18-10-4-7-16(21(18)27)14-22-23-19(25)11-12-20(26)24-13-5-8-15-6-2-3-9-17(15)24/h2-4,6-7,9-10,14,27H,5,8,11-13H2,1H3,(H,23,25). The van der Waals surface area contributed by atoms with Crippen LogP contribution >= 0.6 is 0 Å². The maximum atomic E-state index is 12.5. The molecule has 0 aliphatic carbocycles. The van der Waals surface area contributed by atoms with E-state index in [0.717, 1.165) is 24.1 Å². The van der Waals surface area contributed by atoms with Gasteiger partial charge in [-0.05, 0) is 36.6 Å². The number of hydrazone groups is 1. The van der Waals surface area contributed by atoms with Crippen LogP contribution in [0.2, 0.25) is 0 Å². The van der Waals surface area contributed by atoms with E-state index in [-0.39, 0.29) is 30.4 Å². The number of para-hydroxylation sites is 2. The van der Waals surface area contributed by atoms with Crippen LogP contribution in [0, 0.1) is 0 Å². The Morgan fingerprint density at radius 2 is 2.04 bits per heavy atom. The molecule has 0 spiro atoms. The molecule has 3 rings (SSSR count). The van der Waals surface area contributed by atoms with E-state index in [2.05, 4.69) is 10.5 Å². The molecule has 0 atom stereocenters. The van der Waals surface area contributed by atoms with Gasteiger partial charge in [0.25, 0.3) is 0 Å². The first-order chi connectivity index (χ1) is 13.6. The van der Waals surface area contributed by atoms with E-state index in [9.17, 15) is 14.7 Å². The quantitative estimate of drug-likeness (QED) is 0.594. The summed E-state index contributed by atoms with van der Waals surface area (Å²) >= 11 is 0. The van der Waals surface area contributed by atoms with Crippen LogP contribution in [0.3, 0.4) is 0 Å². The summed E-state index contributed by atoms with van der Waals surface area (Å²) in [6.45, 7) is 0.671. The van der Waals surface area contributed by atoms with Crippen molar-refractivity contribution in [1.29, 1.82) is 0 Å². The SMILES string of the molecule is COc1cccc(C=NNC(=O)CCC(=O)N2CCCc3ccccc32)c1O. The van der Waals surface area contributed by atoms with E-state index < -0.39 is 0 Å². The number of carbonyl (C=O) groups is 2. The van der Waals surface area contributed by atoms with Crippen molar-refractivity contribution in [1.82, 2.24) is 5.43 Å². The van der Waals surface area contributed by atoms with Gasteiger partial charge in [-0.2, -0.15) is 5.10 Å². The summed E-state index contributed by atoms with van der Waals surface area (Å²) in [6.07, 6.45) is 3.37. The van der Waals surface area contributed by atoms with E-state index >= 15 is 0 Å². The number of anilines is 1. The molecule has 2 aromatic rings. The van der Waals surface area contributed by atoms with Crippen molar-refractivity contribution < 1.29 is 19.4 Å². The minimum atomic E-state index is -0.364. The highest BCUT2D eigenvalue weighted by atomic mass is 16.5. The van der Waals surface area contributed by atoms with Crippen LogP contribution in [0.15, 0.2) is 47.6 Å². The number of amides is 2. The van der Waals surface area contributed by atoms with Crippen molar-refractivity contribution in [3.8, 4) is 11.5 Å². The number of phenols is 1. The molecule has 7 nitrogen and oxygen atoms in total. The highest BCUT2D eigenvalue weighted by molar-refractivity contribution is 5.96.